The van der Waals surface area contributed by atoms with Crippen LogP contribution in [0.2, 0.25) is 5.02 Å². The summed E-state index contributed by atoms with van der Waals surface area (Å²) in [5.41, 5.74) is 6.55. The first-order valence-corrected chi connectivity index (χ1v) is 5.83. The lowest BCUT2D eigenvalue weighted by Crippen LogP contribution is -1.95. The molecule has 0 amide bonds. The van der Waals surface area contributed by atoms with Gasteiger partial charge in [-0.1, -0.05) is 17.7 Å². The number of halogens is 1. The Hall–Kier alpha value is -2.38. The number of anilines is 1. The van der Waals surface area contributed by atoms with Crippen molar-refractivity contribution in [3.05, 3.63) is 47.0 Å². The topological polar surface area (TPSA) is 68.3 Å². The van der Waals surface area contributed by atoms with E-state index in [2.05, 4.69) is 0 Å². The molecule has 2 rings (SSSR count). The van der Waals surface area contributed by atoms with Gasteiger partial charge in [-0.3, -0.25) is 0 Å². The highest BCUT2D eigenvalue weighted by molar-refractivity contribution is 6.31. The number of methoxy groups -OCH3 is 1. The Bertz CT molecular complexity index is 650. The highest BCUT2D eigenvalue weighted by Gasteiger charge is 2.10. The van der Waals surface area contributed by atoms with Crippen molar-refractivity contribution < 1.29 is 9.47 Å². The lowest BCUT2D eigenvalue weighted by molar-refractivity contribution is 0.413. The van der Waals surface area contributed by atoms with E-state index in [9.17, 15) is 0 Å². The largest absolute Gasteiger partial charge is 0.497 e. The van der Waals surface area contributed by atoms with Crippen molar-refractivity contribution in [1.82, 2.24) is 0 Å². The molecule has 96 valence electrons. The molecular weight excluding hydrogens is 264 g/mol. The van der Waals surface area contributed by atoms with Gasteiger partial charge in [-0.2, -0.15) is 5.26 Å². The SMILES string of the molecule is COc1ccc(Oc2cccc(Cl)c2C#N)c(N)c1. The normalized spacial score (nSPS) is 9.74. The Balaban J connectivity index is 2.37. The van der Waals surface area contributed by atoms with Crippen LogP contribution in [0.3, 0.4) is 0 Å². The van der Waals surface area contributed by atoms with E-state index in [1.165, 1.54) is 0 Å². The standard InChI is InChI=1S/C14H11ClN2O2/c1-18-9-5-6-14(12(17)7-9)19-13-4-2-3-11(15)10(13)8-16/h2-7H,17H2,1H3. The molecule has 0 saturated heterocycles. The summed E-state index contributed by atoms with van der Waals surface area (Å²) in [6.45, 7) is 0. The van der Waals surface area contributed by atoms with E-state index in [-0.39, 0.29) is 5.56 Å². The van der Waals surface area contributed by atoms with Crippen LogP contribution in [0.4, 0.5) is 5.69 Å². The number of hydrogen-bond acceptors (Lipinski definition) is 4. The van der Waals surface area contributed by atoms with Crippen LogP contribution in [-0.4, -0.2) is 7.11 Å². The third-order valence-corrected chi connectivity index (χ3v) is 2.84. The van der Waals surface area contributed by atoms with Gasteiger partial charge in [0.2, 0.25) is 0 Å². The predicted molar refractivity (Wildman–Crippen MR) is 73.6 cm³/mol. The number of hydrogen-bond donors (Lipinski definition) is 1. The van der Waals surface area contributed by atoms with E-state index < -0.39 is 0 Å². The van der Waals surface area contributed by atoms with Gasteiger partial charge in [0.1, 0.15) is 23.1 Å². The van der Waals surface area contributed by atoms with E-state index in [4.69, 9.17) is 32.1 Å². The highest BCUT2D eigenvalue weighted by atomic mass is 35.5. The first-order valence-electron chi connectivity index (χ1n) is 5.45. The lowest BCUT2D eigenvalue weighted by atomic mass is 10.2. The number of rotatable bonds is 3. The second-order valence-corrected chi connectivity index (χ2v) is 4.14. The van der Waals surface area contributed by atoms with Gasteiger partial charge in [0.05, 0.1) is 17.8 Å². The van der Waals surface area contributed by atoms with Crippen molar-refractivity contribution in [2.24, 2.45) is 0 Å². The van der Waals surface area contributed by atoms with E-state index in [1.807, 2.05) is 6.07 Å². The van der Waals surface area contributed by atoms with Crippen molar-refractivity contribution in [3.63, 3.8) is 0 Å². The van der Waals surface area contributed by atoms with E-state index >= 15 is 0 Å². The minimum atomic E-state index is 0.277. The minimum absolute atomic E-state index is 0.277. The summed E-state index contributed by atoms with van der Waals surface area (Å²) in [6.07, 6.45) is 0. The molecule has 0 unspecified atom stereocenters. The molecule has 0 bridgehead atoms. The summed E-state index contributed by atoms with van der Waals surface area (Å²) in [6, 6.07) is 12.0. The summed E-state index contributed by atoms with van der Waals surface area (Å²) < 4.78 is 10.7. The van der Waals surface area contributed by atoms with Gasteiger partial charge in [-0.25, -0.2) is 0 Å². The molecule has 0 spiro atoms. The number of nitrogens with zero attached hydrogens (tertiary/aromatic N) is 1. The fourth-order valence-electron chi connectivity index (χ4n) is 1.56. The van der Waals surface area contributed by atoms with E-state index in [0.717, 1.165) is 0 Å². The van der Waals surface area contributed by atoms with Crippen LogP contribution in [0.5, 0.6) is 17.2 Å². The minimum Gasteiger partial charge on any atom is -0.497 e. The Kier molecular flexibility index (Phi) is 3.79. The molecule has 2 aromatic carbocycles. The fourth-order valence-corrected chi connectivity index (χ4v) is 1.77. The van der Waals surface area contributed by atoms with Crippen LogP contribution in [0, 0.1) is 11.3 Å². The van der Waals surface area contributed by atoms with Crippen LogP contribution in [-0.2, 0) is 0 Å². The van der Waals surface area contributed by atoms with Crippen LogP contribution in [0.1, 0.15) is 5.56 Å². The van der Waals surface area contributed by atoms with Gasteiger partial charge in [0, 0.05) is 6.07 Å². The molecule has 0 aliphatic heterocycles. The molecule has 5 heteroatoms. The average Bonchev–Trinajstić information content (AvgIpc) is 2.41. The molecular formula is C14H11ClN2O2. The van der Waals surface area contributed by atoms with Gasteiger partial charge < -0.3 is 15.2 Å². The molecule has 0 aromatic heterocycles. The maximum Gasteiger partial charge on any atom is 0.150 e. The monoisotopic (exact) mass is 274 g/mol. The third kappa shape index (κ3) is 2.72. The maximum absolute atomic E-state index is 9.06. The number of nitrogens with two attached hydrogens (primary N) is 1. The van der Waals surface area contributed by atoms with E-state index in [0.29, 0.717) is 28.0 Å². The van der Waals surface area contributed by atoms with E-state index in [1.54, 1.807) is 43.5 Å². The summed E-state index contributed by atoms with van der Waals surface area (Å²) in [7, 11) is 1.56. The molecule has 0 aliphatic carbocycles. The number of ether oxygens (including phenoxy) is 2. The molecule has 0 aliphatic rings. The Morgan fingerprint density at radius 3 is 2.63 bits per heavy atom. The molecule has 4 nitrogen and oxygen atoms in total. The summed E-state index contributed by atoms with van der Waals surface area (Å²) in [4.78, 5) is 0. The molecule has 19 heavy (non-hydrogen) atoms. The molecule has 0 fully saturated rings. The molecule has 0 atom stereocenters. The number of benzene rings is 2. The lowest BCUT2D eigenvalue weighted by Gasteiger charge is -2.11. The van der Waals surface area contributed by atoms with Crippen LogP contribution < -0.4 is 15.2 Å². The second-order valence-electron chi connectivity index (χ2n) is 3.73. The first kappa shape index (κ1) is 13.1. The van der Waals surface area contributed by atoms with Crippen molar-refractivity contribution in [3.8, 4) is 23.3 Å². The van der Waals surface area contributed by atoms with Crippen molar-refractivity contribution >= 4 is 17.3 Å². The molecule has 2 aromatic rings. The Morgan fingerprint density at radius 1 is 1.21 bits per heavy atom. The molecule has 2 N–H and O–H groups in total. The number of nitrogen functional groups attached to an aromatic ring is 1. The quantitative estimate of drug-likeness (QED) is 0.869. The van der Waals surface area contributed by atoms with Crippen LogP contribution >= 0.6 is 11.6 Å². The van der Waals surface area contributed by atoms with Gasteiger partial charge in [-0.15, -0.1) is 0 Å². The summed E-state index contributed by atoms with van der Waals surface area (Å²) in [5, 5.41) is 9.40. The van der Waals surface area contributed by atoms with Crippen molar-refractivity contribution in [1.29, 1.82) is 5.26 Å². The molecule has 0 heterocycles. The summed E-state index contributed by atoms with van der Waals surface area (Å²) >= 11 is 5.93. The number of nitriles is 1. The van der Waals surface area contributed by atoms with Gasteiger partial charge in [-0.05, 0) is 24.3 Å². The predicted octanol–water partition coefficient (Wildman–Crippen LogP) is 3.59. The highest BCUT2D eigenvalue weighted by Crippen LogP contribution is 2.34. The molecule has 0 saturated carbocycles. The fraction of sp³-hybridized carbons (Fsp3) is 0.0714. The van der Waals surface area contributed by atoms with Crippen LogP contribution in [0.25, 0.3) is 0 Å². The zero-order valence-corrected chi connectivity index (χ0v) is 10.9. The van der Waals surface area contributed by atoms with Crippen molar-refractivity contribution in [2.75, 3.05) is 12.8 Å². The van der Waals surface area contributed by atoms with Gasteiger partial charge in [0.15, 0.2) is 5.75 Å². The second kappa shape index (κ2) is 5.51. The zero-order valence-electron chi connectivity index (χ0n) is 10.2. The van der Waals surface area contributed by atoms with Gasteiger partial charge in [0.25, 0.3) is 0 Å². The third-order valence-electron chi connectivity index (χ3n) is 2.52. The molecule has 0 radical (unpaired) electrons. The average molecular weight is 275 g/mol. The Morgan fingerprint density at radius 2 is 2.00 bits per heavy atom. The summed E-state index contributed by atoms with van der Waals surface area (Å²) in [5.74, 6) is 1.45. The van der Waals surface area contributed by atoms with Crippen LogP contribution in [0.15, 0.2) is 36.4 Å². The van der Waals surface area contributed by atoms with Gasteiger partial charge >= 0.3 is 0 Å². The van der Waals surface area contributed by atoms with Crippen molar-refractivity contribution in [2.45, 2.75) is 0 Å². The first-order chi connectivity index (χ1) is 9.15. The Labute approximate surface area is 115 Å². The zero-order chi connectivity index (χ0) is 13.8. The maximum atomic E-state index is 9.06. The smallest absolute Gasteiger partial charge is 0.150 e.